The number of thiocarbonyl (C=S) groups is 1. The molecular weight excluding hydrogens is 945 g/mol. The van der Waals surface area contributed by atoms with Gasteiger partial charge in [0.05, 0.1) is 60.3 Å². The number of hydrogen-bond acceptors (Lipinski definition) is 16. The van der Waals surface area contributed by atoms with Gasteiger partial charge in [0.15, 0.2) is 17.7 Å². The number of likely N-dealkylation sites (N-methyl/N-ethyl adjacent to an activating group) is 1. The van der Waals surface area contributed by atoms with Crippen molar-refractivity contribution >= 4 is 23.3 Å². The van der Waals surface area contributed by atoms with Crippen molar-refractivity contribution in [2.75, 3.05) is 40.8 Å². The number of methoxy groups -OCH3 is 1. The van der Waals surface area contributed by atoms with Gasteiger partial charge in [-0.1, -0.05) is 63.9 Å². The topological polar surface area (TPSA) is 213 Å². The second-order valence-corrected chi connectivity index (χ2v) is 23.1. The lowest BCUT2D eigenvalue weighted by molar-refractivity contribution is -0.318. The van der Waals surface area contributed by atoms with Crippen molar-refractivity contribution in [2.24, 2.45) is 17.8 Å². The third-order valence-corrected chi connectivity index (χ3v) is 16.5. The van der Waals surface area contributed by atoms with E-state index in [1.54, 1.807) is 34.6 Å². The molecule has 414 valence electrons. The van der Waals surface area contributed by atoms with E-state index in [1.807, 2.05) is 64.9 Å². The van der Waals surface area contributed by atoms with Gasteiger partial charge in [-0.05, 0) is 125 Å². The highest BCUT2D eigenvalue weighted by Crippen LogP contribution is 2.40. The van der Waals surface area contributed by atoms with Gasteiger partial charge in [-0.2, -0.15) is 0 Å². The summed E-state index contributed by atoms with van der Waals surface area (Å²) in [6.07, 6.45) is -4.02. The zero-order valence-electron chi connectivity index (χ0n) is 45.7. The minimum atomic E-state index is -1.89. The van der Waals surface area contributed by atoms with Crippen LogP contribution >= 0.6 is 12.2 Å². The van der Waals surface area contributed by atoms with Crippen LogP contribution in [0.5, 0.6) is 0 Å². The normalized spacial score (nSPS) is 42.3. The fraction of sp³-hybridized carbons (Fsp3) is 0.852. The lowest BCUT2D eigenvalue weighted by Crippen LogP contribution is -2.60. The molecule has 0 unspecified atom stereocenters. The van der Waals surface area contributed by atoms with Crippen LogP contribution in [-0.4, -0.2) is 190 Å². The monoisotopic (exact) mass is 1040 g/mol. The van der Waals surface area contributed by atoms with Crippen LogP contribution in [-0.2, 0) is 44.6 Å². The van der Waals surface area contributed by atoms with Gasteiger partial charge in [0.25, 0.3) is 0 Å². The lowest BCUT2D eigenvalue weighted by Gasteiger charge is -2.48. The fourth-order valence-electron chi connectivity index (χ4n) is 11.8. The van der Waals surface area contributed by atoms with Crippen molar-refractivity contribution in [1.29, 1.82) is 0 Å². The largest absolute Gasteiger partial charge is 0.459 e. The van der Waals surface area contributed by atoms with Crippen LogP contribution in [0.1, 0.15) is 133 Å². The lowest BCUT2D eigenvalue weighted by atomic mass is 9.77. The van der Waals surface area contributed by atoms with Gasteiger partial charge in [0.1, 0.15) is 30.0 Å². The number of hydrogen-bond donors (Lipinski definition) is 7. The van der Waals surface area contributed by atoms with E-state index in [4.69, 9.17) is 45.4 Å². The molecule has 1 saturated carbocycles. The third-order valence-electron chi connectivity index (χ3n) is 16.3. The van der Waals surface area contributed by atoms with Gasteiger partial charge in [0, 0.05) is 51.2 Å². The van der Waals surface area contributed by atoms with E-state index < -0.39 is 96.0 Å². The predicted octanol–water partition coefficient (Wildman–Crippen LogP) is 4.65. The number of carbonyl (C=O) groups excluding carboxylic acids is 1. The number of rotatable bonds is 15. The molecule has 0 spiro atoms. The summed E-state index contributed by atoms with van der Waals surface area (Å²) in [6.45, 7) is 19.7. The maximum Gasteiger partial charge on any atom is 0.311 e. The van der Waals surface area contributed by atoms with Crippen molar-refractivity contribution < 1.29 is 63.5 Å². The average molecular weight is 1040 g/mol. The minimum Gasteiger partial charge on any atom is -0.459 e. The maximum absolute atomic E-state index is 14.6. The molecule has 4 aliphatic rings. The summed E-state index contributed by atoms with van der Waals surface area (Å²) in [5.74, 6) is -2.78. The first kappa shape index (κ1) is 60.7. The quantitative estimate of drug-likeness (QED) is 0.0724. The molecule has 4 fully saturated rings. The van der Waals surface area contributed by atoms with Crippen molar-refractivity contribution in [3.63, 3.8) is 0 Å². The Kier molecular flexibility index (Phi) is 22.6. The molecule has 0 amide bonds. The number of cyclic esters (lactones) is 1. The molecule has 3 saturated heterocycles. The summed E-state index contributed by atoms with van der Waals surface area (Å²) in [7, 11) is 5.30. The molecule has 0 bridgehead atoms. The minimum absolute atomic E-state index is 0.0317. The highest BCUT2D eigenvalue weighted by Gasteiger charge is 2.53. The first-order valence-electron chi connectivity index (χ1n) is 26.8. The Hall–Kier alpha value is -2.14. The van der Waals surface area contributed by atoms with E-state index >= 15 is 0 Å². The molecule has 5 rings (SSSR count). The first-order valence-corrected chi connectivity index (χ1v) is 27.2. The van der Waals surface area contributed by atoms with E-state index in [2.05, 4.69) is 27.7 Å². The Morgan fingerprint density at radius 1 is 0.944 bits per heavy atom. The van der Waals surface area contributed by atoms with E-state index in [-0.39, 0.29) is 49.5 Å². The molecule has 1 aromatic carbocycles. The Morgan fingerprint density at radius 3 is 2.28 bits per heavy atom. The highest BCUT2D eigenvalue weighted by atomic mass is 32.1. The predicted molar refractivity (Wildman–Crippen MR) is 279 cm³/mol. The van der Waals surface area contributed by atoms with Crippen LogP contribution in [0.3, 0.4) is 0 Å². The van der Waals surface area contributed by atoms with Gasteiger partial charge in [-0.3, -0.25) is 9.69 Å². The first-order chi connectivity index (χ1) is 33.8. The number of benzene rings is 1. The molecular formula is C54H94N4O13S. The van der Waals surface area contributed by atoms with Crippen LogP contribution in [0.4, 0.5) is 0 Å². The van der Waals surface area contributed by atoms with E-state index in [9.17, 15) is 30.3 Å². The summed E-state index contributed by atoms with van der Waals surface area (Å²) in [5, 5.41) is 67.8. The zero-order chi connectivity index (χ0) is 53.3. The van der Waals surface area contributed by atoms with Crippen LogP contribution in [0.2, 0.25) is 0 Å². The molecule has 0 radical (unpaired) electrons. The van der Waals surface area contributed by atoms with Crippen LogP contribution < -0.4 is 10.6 Å². The van der Waals surface area contributed by atoms with Crippen molar-refractivity contribution in [1.82, 2.24) is 20.4 Å². The summed E-state index contributed by atoms with van der Waals surface area (Å²) >= 11 is 5.82. The molecule has 20 atom stereocenters. The third kappa shape index (κ3) is 15.5. The number of aliphatic hydroxyl groups is 5. The van der Waals surface area contributed by atoms with Gasteiger partial charge in [-0.25, -0.2) is 0 Å². The second kappa shape index (κ2) is 26.8. The molecule has 3 aliphatic heterocycles. The van der Waals surface area contributed by atoms with Gasteiger partial charge in [0.2, 0.25) is 0 Å². The average Bonchev–Trinajstić information content (AvgIpc) is 3.33. The van der Waals surface area contributed by atoms with Crippen LogP contribution in [0.25, 0.3) is 0 Å². The van der Waals surface area contributed by atoms with E-state index in [0.717, 1.165) is 31.2 Å². The highest BCUT2D eigenvalue weighted by molar-refractivity contribution is 7.80. The molecule has 72 heavy (non-hydrogen) atoms. The molecule has 17 nitrogen and oxygen atoms in total. The Bertz CT molecular complexity index is 1820. The Morgan fingerprint density at radius 2 is 1.62 bits per heavy atom. The number of ether oxygens (including phenoxy) is 7. The van der Waals surface area contributed by atoms with Crippen molar-refractivity contribution in [2.45, 2.75) is 236 Å². The number of carbonyl (C=O) groups is 1. The maximum atomic E-state index is 14.6. The Balaban J connectivity index is 1.42. The van der Waals surface area contributed by atoms with E-state index in [1.165, 1.54) is 14.0 Å². The number of nitrogens with zero attached hydrogens (tertiary/aromatic N) is 2. The summed E-state index contributed by atoms with van der Waals surface area (Å²) in [5.41, 5.74) is -3.44. The zero-order valence-corrected chi connectivity index (χ0v) is 46.5. The summed E-state index contributed by atoms with van der Waals surface area (Å²) < 4.78 is 44.7. The van der Waals surface area contributed by atoms with Gasteiger partial charge in [-0.15, -0.1) is 0 Å². The van der Waals surface area contributed by atoms with Gasteiger partial charge < -0.3 is 74.2 Å². The standard InChI is InChI=1S/C54H94N4O13S/c1-14-42-54(10,64)46(60)36(6)58(26-20-25-55-51(72)56-39-23-18-19-24-41(39)66-31-38-21-16-15-17-22-38)30-32(2)28-52(8,63)48(71-50-44(59)40(57(11)12)27-33(3)67-50)34(4)45(35(5)49(62)69-42)70-43-29-53(9,65-13)47(61)37(7)68-43/h15-17,21-22,32-37,39-48,50,59-61,63-64H,14,18-20,23-31H2,1-13H3,(H2,55,56,72)/t32-,33-,34+,35-,36-,37+,39+,40+,41-,42-,43+,44-,45+,46-,47+,48-,50+,52-,53-,54-/m1/s1. The molecule has 7 N–H and O–H groups in total. The molecule has 18 heteroatoms. The molecule has 1 aliphatic carbocycles. The summed E-state index contributed by atoms with van der Waals surface area (Å²) in [6, 6.07) is 9.31. The smallest absolute Gasteiger partial charge is 0.311 e. The van der Waals surface area contributed by atoms with Gasteiger partial charge >= 0.3 is 5.97 Å². The number of aliphatic hydroxyl groups excluding tert-OH is 3. The van der Waals surface area contributed by atoms with Crippen molar-refractivity contribution in [3.8, 4) is 0 Å². The molecule has 3 heterocycles. The van der Waals surface area contributed by atoms with Crippen LogP contribution in [0.15, 0.2) is 30.3 Å². The number of nitrogens with one attached hydrogen (secondary N) is 2. The number of esters is 1. The van der Waals surface area contributed by atoms with E-state index in [0.29, 0.717) is 44.2 Å². The molecule has 0 aromatic heterocycles. The van der Waals surface area contributed by atoms with Crippen molar-refractivity contribution in [3.05, 3.63) is 35.9 Å². The summed E-state index contributed by atoms with van der Waals surface area (Å²) in [4.78, 5) is 18.7. The fourth-order valence-corrected chi connectivity index (χ4v) is 12.1. The molecule has 1 aromatic rings. The Labute approximate surface area is 436 Å². The SMILES string of the molecule is CC[C@H]1OC(=O)[C@H](C)[C@@H](O[C@H]2C[C@@](C)(OC)[C@@H](O)[C@H](C)O2)[C@H](C)[C@@H](O[C@@H]2O[C@H](C)C[C@H](N(C)C)[C@H]2O)[C@](C)(O)C[C@@H](C)CN(CCCNC(=S)N[C@H]2CCCC[C@H]2OCc2ccccc2)[C@H](C)[C@@H](O)[C@]1(C)O. The van der Waals surface area contributed by atoms with Crippen LogP contribution in [0, 0.1) is 17.8 Å². The second-order valence-electron chi connectivity index (χ2n) is 22.7.